The van der Waals surface area contributed by atoms with Gasteiger partial charge in [0.15, 0.2) is 0 Å². The summed E-state index contributed by atoms with van der Waals surface area (Å²) in [6.07, 6.45) is 0. The lowest BCUT2D eigenvalue weighted by Crippen LogP contribution is -2.17. The van der Waals surface area contributed by atoms with Gasteiger partial charge in [-0.05, 0) is 43.3 Å². The molecule has 0 aliphatic rings. The van der Waals surface area contributed by atoms with Crippen LogP contribution in [0.4, 0.5) is 0 Å². The molecule has 0 saturated heterocycles. The van der Waals surface area contributed by atoms with Gasteiger partial charge in [0.1, 0.15) is 10.6 Å². The lowest BCUT2D eigenvalue weighted by atomic mass is 10.2. The second-order valence-electron chi connectivity index (χ2n) is 5.02. The summed E-state index contributed by atoms with van der Waals surface area (Å²) in [7, 11) is 3.68. The highest BCUT2D eigenvalue weighted by molar-refractivity contribution is 7.14. The molecule has 1 heterocycles. The van der Waals surface area contributed by atoms with Gasteiger partial charge in [-0.2, -0.15) is 0 Å². The quantitative estimate of drug-likeness (QED) is 0.888. The minimum atomic E-state index is -0.854. The maximum Gasteiger partial charge on any atom is 0.345 e. The van der Waals surface area contributed by atoms with E-state index >= 15 is 0 Å². The fraction of sp³-hybridized carbons (Fsp3) is 0.312. The smallest absolute Gasteiger partial charge is 0.345 e. The molecule has 0 fully saturated rings. The minimum absolute atomic E-state index is 0.403. The van der Waals surface area contributed by atoms with Gasteiger partial charge in [-0.3, -0.25) is 4.90 Å². The Kier molecular flexibility index (Phi) is 4.98. The number of hydrogen-bond acceptors (Lipinski definition) is 4. The van der Waals surface area contributed by atoms with Crippen molar-refractivity contribution in [3.8, 4) is 5.75 Å². The van der Waals surface area contributed by atoms with Crippen molar-refractivity contribution >= 4 is 17.3 Å². The van der Waals surface area contributed by atoms with Gasteiger partial charge < -0.3 is 9.84 Å². The lowest BCUT2D eigenvalue weighted by Gasteiger charge is -2.16. The van der Waals surface area contributed by atoms with Gasteiger partial charge in [0.25, 0.3) is 0 Å². The molecule has 0 unspecified atom stereocenters. The molecule has 112 valence electrons. The summed E-state index contributed by atoms with van der Waals surface area (Å²) in [4.78, 5) is 14.6. The van der Waals surface area contributed by atoms with Crippen LogP contribution in [0, 0.1) is 6.92 Å². The summed E-state index contributed by atoms with van der Waals surface area (Å²) in [5, 5.41) is 9.03. The largest absolute Gasteiger partial charge is 0.497 e. The first-order valence-corrected chi connectivity index (χ1v) is 7.45. The topological polar surface area (TPSA) is 49.8 Å². The van der Waals surface area contributed by atoms with Crippen molar-refractivity contribution in [3.05, 3.63) is 51.2 Å². The standard InChI is InChI=1S/C16H19NO3S/c1-11-13(8-15(21-11)16(18)19)10-17(2)9-12-4-6-14(20-3)7-5-12/h4-8H,9-10H2,1-3H3,(H,18,19). The zero-order chi connectivity index (χ0) is 15.4. The maximum absolute atomic E-state index is 11.0. The van der Waals surface area contributed by atoms with E-state index in [-0.39, 0.29) is 0 Å². The minimum Gasteiger partial charge on any atom is -0.497 e. The van der Waals surface area contributed by atoms with Gasteiger partial charge in [0.05, 0.1) is 7.11 Å². The molecule has 0 aliphatic heterocycles. The van der Waals surface area contributed by atoms with E-state index in [0.717, 1.165) is 29.3 Å². The third-order valence-corrected chi connectivity index (χ3v) is 4.36. The highest BCUT2D eigenvalue weighted by atomic mass is 32.1. The molecule has 4 nitrogen and oxygen atoms in total. The number of aryl methyl sites for hydroxylation is 1. The van der Waals surface area contributed by atoms with Gasteiger partial charge in [0, 0.05) is 18.0 Å². The second kappa shape index (κ2) is 6.74. The summed E-state index contributed by atoms with van der Waals surface area (Å²) in [6.45, 7) is 3.51. The van der Waals surface area contributed by atoms with E-state index in [2.05, 4.69) is 4.90 Å². The van der Waals surface area contributed by atoms with E-state index in [9.17, 15) is 4.79 Å². The Morgan fingerprint density at radius 2 is 1.95 bits per heavy atom. The summed E-state index contributed by atoms with van der Waals surface area (Å²) >= 11 is 1.33. The molecular formula is C16H19NO3S. The van der Waals surface area contributed by atoms with Crippen LogP contribution in [-0.2, 0) is 13.1 Å². The summed E-state index contributed by atoms with van der Waals surface area (Å²) in [6, 6.07) is 9.74. The van der Waals surface area contributed by atoms with Crippen molar-refractivity contribution in [2.75, 3.05) is 14.2 Å². The zero-order valence-corrected chi connectivity index (χ0v) is 13.2. The SMILES string of the molecule is COc1ccc(CN(C)Cc2cc(C(=O)O)sc2C)cc1. The molecule has 0 saturated carbocycles. The molecule has 1 aromatic heterocycles. The molecule has 1 N–H and O–H groups in total. The highest BCUT2D eigenvalue weighted by Gasteiger charge is 2.12. The van der Waals surface area contributed by atoms with Crippen LogP contribution in [0.15, 0.2) is 30.3 Å². The number of carboxylic acid groups (broad SMARTS) is 1. The first-order chi connectivity index (χ1) is 9.99. The number of ether oxygens (including phenoxy) is 1. The second-order valence-corrected chi connectivity index (χ2v) is 6.27. The number of methoxy groups -OCH3 is 1. The Morgan fingerprint density at radius 3 is 2.48 bits per heavy atom. The molecule has 0 radical (unpaired) electrons. The van der Waals surface area contributed by atoms with Crippen molar-refractivity contribution in [3.63, 3.8) is 0 Å². The van der Waals surface area contributed by atoms with Gasteiger partial charge in [0.2, 0.25) is 0 Å². The number of carboxylic acids is 1. The molecule has 21 heavy (non-hydrogen) atoms. The Bertz CT molecular complexity index is 619. The molecule has 1 aromatic carbocycles. The van der Waals surface area contributed by atoms with Gasteiger partial charge in [-0.25, -0.2) is 4.79 Å². The fourth-order valence-corrected chi connectivity index (χ4v) is 3.04. The highest BCUT2D eigenvalue weighted by Crippen LogP contribution is 2.23. The number of nitrogens with zero attached hydrogens (tertiary/aromatic N) is 1. The molecule has 0 bridgehead atoms. The van der Waals surface area contributed by atoms with E-state index in [4.69, 9.17) is 9.84 Å². The number of rotatable bonds is 6. The lowest BCUT2D eigenvalue weighted by molar-refractivity contribution is 0.0702. The van der Waals surface area contributed by atoms with Gasteiger partial charge in [-0.15, -0.1) is 11.3 Å². The monoisotopic (exact) mass is 305 g/mol. The van der Waals surface area contributed by atoms with E-state index < -0.39 is 5.97 Å². The number of carbonyl (C=O) groups is 1. The van der Waals surface area contributed by atoms with E-state index in [0.29, 0.717) is 4.88 Å². The third-order valence-electron chi connectivity index (χ3n) is 3.28. The molecule has 5 heteroatoms. The van der Waals surface area contributed by atoms with Crippen molar-refractivity contribution in [2.24, 2.45) is 0 Å². The number of hydrogen-bond donors (Lipinski definition) is 1. The van der Waals surface area contributed by atoms with Crippen LogP contribution in [0.25, 0.3) is 0 Å². The van der Waals surface area contributed by atoms with Crippen LogP contribution in [0.1, 0.15) is 25.7 Å². The Balaban J connectivity index is 2.00. The van der Waals surface area contributed by atoms with Crippen LogP contribution in [0.2, 0.25) is 0 Å². The molecule has 2 rings (SSSR count). The normalized spacial score (nSPS) is 10.9. The predicted octanol–water partition coefficient (Wildman–Crippen LogP) is 3.40. The van der Waals surface area contributed by atoms with Crippen molar-refractivity contribution in [1.29, 1.82) is 0 Å². The first-order valence-electron chi connectivity index (χ1n) is 6.63. The summed E-state index contributed by atoms with van der Waals surface area (Å²) < 4.78 is 5.14. The summed E-state index contributed by atoms with van der Waals surface area (Å²) in [5.74, 6) is -0.00617. The van der Waals surface area contributed by atoms with Crippen molar-refractivity contribution < 1.29 is 14.6 Å². The van der Waals surface area contributed by atoms with Crippen LogP contribution < -0.4 is 4.74 Å². The molecule has 0 amide bonds. The first kappa shape index (κ1) is 15.5. The Hall–Kier alpha value is -1.85. The molecular weight excluding hydrogens is 286 g/mol. The fourth-order valence-electron chi connectivity index (χ4n) is 2.17. The zero-order valence-electron chi connectivity index (χ0n) is 12.4. The van der Waals surface area contributed by atoms with Crippen LogP contribution in [0.3, 0.4) is 0 Å². The average molecular weight is 305 g/mol. The Labute approximate surface area is 128 Å². The maximum atomic E-state index is 11.0. The Morgan fingerprint density at radius 1 is 1.29 bits per heavy atom. The number of benzene rings is 1. The number of aromatic carboxylic acids is 1. The van der Waals surface area contributed by atoms with E-state index in [1.807, 2.05) is 38.2 Å². The van der Waals surface area contributed by atoms with Crippen LogP contribution in [-0.4, -0.2) is 30.1 Å². The van der Waals surface area contributed by atoms with Crippen LogP contribution >= 0.6 is 11.3 Å². The van der Waals surface area contributed by atoms with E-state index in [1.165, 1.54) is 16.9 Å². The van der Waals surface area contributed by atoms with Gasteiger partial charge in [-0.1, -0.05) is 12.1 Å². The molecule has 0 atom stereocenters. The summed E-state index contributed by atoms with van der Waals surface area (Å²) in [5.41, 5.74) is 2.28. The van der Waals surface area contributed by atoms with E-state index in [1.54, 1.807) is 13.2 Å². The molecule has 0 spiro atoms. The average Bonchev–Trinajstić information content (AvgIpc) is 2.81. The van der Waals surface area contributed by atoms with Crippen LogP contribution in [0.5, 0.6) is 5.75 Å². The third kappa shape index (κ3) is 4.06. The van der Waals surface area contributed by atoms with Crippen molar-refractivity contribution in [1.82, 2.24) is 4.90 Å². The van der Waals surface area contributed by atoms with Gasteiger partial charge >= 0.3 is 5.97 Å². The molecule has 0 aliphatic carbocycles. The van der Waals surface area contributed by atoms with Crippen molar-refractivity contribution in [2.45, 2.75) is 20.0 Å². The molecule has 2 aromatic rings. The predicted molar refractivity (Wildman–Crippen MR) is 84.2 cm³/mol. The number of thiophene rings is 1.